The molecule has 1 amide bonds. The molecule has 1 atom stereocenters. The first-order valence-corrected chi connectivity index (χ1v) is 12.6. The van der Waals surface area contributed by atoms with Gasteiger partial charge in [0.05, 0.1) is 30.5 Å². The van der Waals surface area contributed by atoms with E-state index in [4.69, 9.17) is 0 Å². The van der Waals surface area contributed by atoms with E-state index >= 15 is 0 Å². The summed E-state index contributed by atoms with van der Waals surface area (Å²) in [4.78, 5) is 23.4. The summed E-state index contributed by atoms with van der Waals surface area (Å²) in [6, 6.07) is 4.10. The van der Waals surface area contributed by atoms with Crippen LogP contribution in [0.15, 0.2) is 30.7 Å². The first kappa shape index (κ1) is 22.7. The van der Waals surface area contributed by atoms with Crippen LogP contribution in [-0.4, -0.2) is 20.7 Å². The molecule has 6 heteroatoms. The molecule has 170 valence electrons. The zero-order valence-electron chi connectivity index (χ0n) is 19.9. The highest BCUT2D eigenvalue weighted by Gasteiger charge is 2.33. The van der Waals surface area contributed by atoms with Crippen molar-refractivity contribution in [3.8, 4) is 0 Å². The van der Waals surface area contributed by atoms with Crippen molar-refractivity contribution < 1.29 is 4.79 Å². The Kier molecular flexibility index (Phi) is 6.79. The van der Waals surface area contributed by atoms with Crippen molar-refractivity contribution in [3.63, 3.8) is 0 Å². The molecule has 4 rings (SSSR count). The lowest BCUT2D eigenvalue weighted by molar-refractivity contribution is -0.120. The average Bonchev–Trinajstić information content (AvgIpc) is 3.26. The van der Waals surface area contributed by atoms with Crippen molar-refractivity contribution in [2.24, 2.45) is 0 Å². The SMILES string of the molecule is CCn1cc(CN(C(=O)C2CCCCc3c(C)sc(C)c32)c2ccc(C(C)C)nc2)cn1. The van der Waals surface area contributed by atoms with Gasteiger partial charge in [-0.15, -0.1) is 11.3 Å². The first-order valence-electron chi connectivity index (χ1n) is 11.8. The van der Waals surface area contributed by atoms with Gasteiger partial charge in [-0.2, -0.15) is 5.10 Å². The molecule has 0 saturated carbocycles. The van der Waals surface area contributed by atoms with Gasteiger partial charge in [-0.05, 0) is 69.2 Å². The highest BCUT2D eigenvalue weighted by molar-refractivity contribution is 7.12. The molecule has 3 heterocycles. The molecular weight excluding hydrogens is 416 g/mol. The molecule has 0 saturated heterocycles. The summed E-state index contributed by atoms with van der Waals surface area (Å²) < 4.78 is 1.91. The summed E-state index contributed by atoms with van der Waals surface area (Å²) in [6.45, 7) is 12.1. The lowest BCUT2D eigenvalue weighted by Crippen LogP contribution is -2.35. The van der Waals surface area contributed by atoms with Gasteiger partial charge in [0.1, 0.15) is 0 Å². The number of hydrogen-bond acceptors (Lipinski definition) is 4. The molecule has 0 spiro atoms. The molecular formula is C26H34N4OS. The average molecular weight is 451 g/mol. The van der Waals surface area contributed by atoms with Crippen molar-refractivity contribution in [2.75, 3.05) is 4.90 Å². The Morgan fingerprint density at radius 1 is 1.22 bits per heavy atom. The van der Waals surface area contributed by atoms with Crippen LogP contribution in [0.4, 0.5) is 5.69 Å². The van der Waals surface area contributed by atoms with E-state index in [-0.39, 0.29) is 11.8 Å². The fourth-order valence-corrected chi connectivity index (χ4v) is 5.95. The summed E-state index contributed by atoms with van der Waals surface area (Å²) in [7, 11) is 0. The molecule has 1 aliphatic rings. The first-order chi connectivity index (χ1) is 15.4. The van der Waals surface area contributed by atoms with E-state index in [1.165, 1.54) is 20.9 Å². The minimum atomic E-state index is -0.0940. The number of nitrogens with zero attached hydrogens (tertiary/aromatic N) is 4. The molecule has 32 heavy (non-hydrogen) atoms. The van der Waals surface area contributed by atoms with E-state index in [1.54, 1.807) is 0 Å². The Bertz CT molecular complexity index is 1080. The standard InChI is InChI=1S/C26H34N4OS/c1-6-29-15-20(13-28-29)16-30(21-11-12-24(17(2)3)27-14-21)26(31)23-10-8-7-9-22-18(4)32-19(5)25(22)23/h11-15,17,23H,6-10,16H2,1-5H3. The maximum Gasteiger partial charge on any atom is 0.234 e. The van der Waals surface area contributed by atoms with Gasteiger partial charge in [-0.1, -0.05) is 20.3 Å². The number of pyridine rings is 1. The second-order valence-corrected chi connectivity index (χ2v) is 10.6. The van der Waals surface area contributed by atoms with Crippen molar-refractivity contribution in [3.05, 3.63) is 62.9 Å². The van der Waals surface area contributed by atoms with E-state index in [0.717, 1.165) is 49.2 Å². The van der Waals surface area contributed by atoms with Crippen LogP contribution in [0.2, 0.25) is 0 Å². The van der Waals surface area contributed by atoms with Crippen molar-refractivity contribution in [1.29, 1.82) is 0 Å². The van der Waals surface area contributed by atoms with Crippen LogP contribution in [-0.2, 0) is 24.3 Å². The Balaban J connectivity index is 1.73. The zero-order valence-corrected chi connectivity index (χ0v) is 20.7. The van der Waals surface area contributed by atoms with Crippen LogP contribution in [0.25, 0.3) is 0 Å². The van der Waals surface area contributed by atoms with Crippen molar-refractivity contribution in [2.45, 2.75) is 85.2 Å². The van der Waals surface area contributed by atoms with Gasteiger partial charge in [-0.3, -0.25) is 14.5 Å². The Hall–Kier alpha value is -2.47. The number of rotatable bonds is 6. The molecule has 1 unspecified atom stereocenters. The van der Waals surface area contributed by atoms with E-state index in [9.17, 15) is 4.79 Å². The number of fused-ring (bicyclic) bond motifs is 1. The summed E-state index contributed by atoms with van der Waals surface area (Å²) in [6.07, 6.45) is 10.0. The molecule has 0 N–H and O–H groups in total. The molecule has 0 aromatic carbocycles. The highest BCUT2D eigenvalue weighted by Crippen LogP contribution is 2.40. The Morgan fingerprint density at radius 2 is 2.03 bits per heavy atom. The third-order valence-electron chi connectivity index (χ3n) is 6.54. The number of aryl methyl sites for hydroxylation is 3. The molecule has 5 nitrogen and oxygen atoms in total. The lowest BCUT2D eigenvalue weighted by atomic mass is 9.91. The molecule has 1 aliphatic carbocycles. The van der Waals surface area contributed by atoms with Crippen LogP contribution in [0, 0.1) is 13.8 Å². The van der Waals surface area contributed by atoms with E-state index < -0.39 is 0 Å². The second kappa shape index (κ2) is 9.57. The van der Waals surface area contributed by atoms with Gasteiger partial charge in [0, 0.05) is 33.8 Å². The van der Waals surface area contributed by atoms with Crippen LogP contribution >= 0.6 is 11.3 Å². The molecule has 0 fully saturated rings. The molecule has 0 bridgehead atoms. The highest BCUT2D eigenvalue weighted by atomic mass is 32.1. The topological polar surface area (TPSA) is 51.0 Å². The quantitative estimate of drug-likeness (QED) is 0.424. The van der Waals surface area contributed by atoms with Crippen LogP contribution < -0.4 is 4.90 Å². The van der Waals surface area contributed by atoms with Crippen LogP contribution in [0.3, 0.4) is 0 Å². The maximum atomic E-state index is 14.2. The van der Waals surface area contributed by atoms with Gasteiger partial charge in [0.15, 0.2) is 0 Å². The van der Waals surface area contributed by atoms with Gasteiger partial charge < -0.3 is 4.90 Å². The minimum Gasteiger partial charge on any atom is -0.306 e. The van der Waals surface area contributed by atoms with E-state index in [2.05, 4.69) is 44.7 Å². The molecule has 3 aromatic heterocycles. The smallest absolute Gasteiger partial charge is 0.234 e. The number of anilines is 1. The molecule has 3 aromatic rings. The van der Waals surface area contributed by atoms with E-state index in [1.807, 2.05) is 51.6 Å². The number of aromatic nitrogens is 3. The molecule has 0 radical (unpaired) electrons. The predicted molar refractivity (Wildman–Crippen MR) is 132 cm³/mol. The van der Waals surface area contributed by atoms with Crippen LogP contribution in [0.5, 0.6) is 0 Å². The monoisotopic (exact) mass is 450 g/mol. The van der Waals surface area contributed by atoms with E-state index in [0.29, 0.717) is 12.5 Å². The zero-order chi connectivity index (χ0) is 22.8. The molecule has 0 aliphatic heterocycles. The Labute approximate surface area is 195 Å². The summed E-state index contributed by atoms with van der Waals surface area (Å²) in [5.74, 6) is 0.442. The number of thiophene rings is 1. The minimum absolute atomic E-state index is 0.0940. The van der Waals surface area contributed by atoms with Crippen molar-refractivity contribution >= 4 is 22.9 Å². The fraction of sp³-hybridized carbons (Fsp3) is 0.500. The van der Waals surface area contributed by atoms with Crippen LogP contribution in [0.1, 0.15) is 84.0 Å². The van der Waals surface area contributed by atoms with Gasteiger partial charge in [-0.25, -0.2) is 0 Å². The predicted octanol–water partition coefficient (Wildman–Crippen LogP) is 6.14. The summed E-state index contributed by atoms with van der Waals surface area (Å²) in [5.41, 5.74) is 5.65. The van der Waals surface area contributed by atoms with Gasteiger partial charge >= 0.3 is 0 Å². The van der Waals surface area contributed by atoms with Crippen molar-refractivity contribution in [1.82, 2.24) is 14.8 Å². The summed E-state index contributed by atoms with van der Waals surface area (Å²) in [5, 5.41) is 4.42. The van der Waals surface area contributed by atoms with Gasteiger partial charge in [0.25, 0.3) is 0 Å². The number of hydrogen-bond donors (Lipinski definition) is 0. The number of carbonyl (C=O) groups excluding carboxylic acids is 1. The fourth-order valence-electron chi connectivity index (χ4n) is 4.78. The largest absolute Gasteiger partial charge is 0.306 e. The van der Waals surface area contributed by atoms with Gasteiger partial charge in [0.2, 0.25) is 5.91 Å². The second-order valence-electron chi connectivity index (χ2n) is 9.13. The number of amides is 1. The maximum absolute atomic E-state index is 14.2. The third-order valence-corrected chi connectivity index (χ3v) is 7.62. The number of carbonyl (C=O) groups is 1. The Morgan fingerprint density at radius 3 is 2.69 bits per heavy atom. The third kappa shape index (κ3) is 4.51. The lowest BCUT2D eigenvalue weighted by Gasteiger charge is -2.27. The summed E-state index contributed by atoms with van der Waals surface area (Å²) >= 11 is 1.84. The normalized spacial score (nSPS) is 16.1.